The van der Waals surface area contributed by atoms with Gasteiger partial charge in [0.2, 0.25) is 0 Å². The summed E-state index contributed by atoms with van der Waals surface area (Å²) in [5.41, 5.74) is 0. The second-order valence-corrected chi connectivity index (χ2v) is 3.84. The molecule has 0 N–H and O–H groups in total. The van der Waals surface area contributed by atoms with Crippen LogP contribution >= 0.6 is 0 Å². The fraction of sp³-hybridized carbons (Fsp3) is 0.714. The molecule has 0 aliphatic heterocycles. The SMILES string of the molecule is [CH]=CCCCCCCC=CCCCC. The Balaban J connectivity index is 2.97. The van der Waals surface area contributed by atoms with E-state index in [1.165, 1.54) is 51.4 Å². The minimum Gasteiger partial charge on any atom is -0.0885 e. The number of rotatable bonds is 10. The molecule has 0 nitrogen and oxygen atoms in total. The van der Waals surface area contributed by atoms with E-state index in [1.54, 1.807) is 6.08 Å². The van der Waals surface area contributed by atoms with Gasteiger partial charge in [0.1, 0.15) is 0 Å². The van der Waals surface area contributed by atoms with Crippen LogP contribution in [0.2, 0.25) is 0 Å². The van der Waals surface area contributed by atoms with E-state index in [2.05, 4.69) is 19.1 Å². The van der Waals surface area contributed by atoms with Crippen LogP contribution in [-0.4, -0.2) is 0 Å². The van der Waals surface area contributed by atoms with Gasteiger partial charge >= 0.3 is 0 Å². The maximum atomic E-state index is 5.30. The average Bonchev–Trinajstić information content (AvgIpc) is 2.21. The summed E-state index contributed by atoms with van der Waals surface area (Å²) in [6, 6.07) is 0. The molecule has 0 saturated heterocycles. The number of allylic oxidation sites excluding steroid dienone is 3. The molecule has 0 unspecified atom stereocenters. The molecule has 0 rings (SSSR count). The van der Waals surface area contributed by atoms with Gasteiger partial charge in [-0.3, -0.25) is 0 Å². The van der Waals surface area contributed by atoms with Crippen LogP contribution in [0.5, 0.6) is 0 Å². The van der Waals surface area contributed by atoms with Crippen LogP contribution < -0.4 is 0 Å². The van der Waals surface area contributed by atoms with E-state index < -0.39 is 0 Å². The largest absolute Gasteiger partial charge is 0.0885 e. The lowest BCUT2D eigenvalue weighted by Gasteiger charge is -1.96. The Labute approximate surface area is 90.1 Å². The van der Waals surface area contributed by atoms with Gasteiger partial charge in [-0.15, -0.1) is 0 Å². The molecule has 0 fully saturated rings. The third-order valence-electron chi connectivity index (χ3n) is 2.38. The number of hydrogen-bond donors (Lipinski definition) is 0. The van der Waals surface area contributed by atoms with Crippen molar-refractivity contribution in [2.75, 3.05) is 0 Å². The minimum absolute atomic E-state index is 1.08. The first-order chi connectivity index (χ1) is 6.91. The lowest BCUT2D eigenvalue weighted by molar-refractivity contribution is 0.651. The summed E-state index contributed by atoms with van der Waals surface area (Å²) in [7, 11) is 0. The Hall–Kier alpha value is -0.520. The summed E-state index contributed by atoms with van der Waals surface area (Å²) in [5.74, 6) is 0. The standard InChI is InChI=1S/C14H25/c1-3-5-7-9-11-13-14-12-10-8-6-4-2/h1,3,10,12H,4-9,11,13-14H2,2H3. The van der Waals surface area contributed by atoms with Crippen molar-refractivity contribution < 1.29 is 0 Å². The summed E-state index contributed by atoms with van der Waals surface area (Å²) < 4.78 is 0. The van der Waals surface area contributed by atoms with Gasteiger partial charge in [0.25, 0.3) is 0 Å². The fourth-order valence-corrected chi connectivity index (χ4v) is 1.44. The minimum atomic E-state index is 1.08. The number of unbranched alkanes of at least 4 members (excludes halogenated alkanes) is 7. The van der Waals surface area contributed by atoms with Crippen LogP contribution in [0.15, 0.2) is 18.2 Å². The van der Waals surface area contributed by atoms with Crippen molar-refractivity contribution in [1.82, 2.24) is 0 Å². The zero-order valence-electron chi connectivity index (χ0n) is 9.67. The first kappa shape index (κ1) is 13.5. The van der Waals surface area contributed by atoms with Crippen LogP contribution in [0, 0.1) is 6.58 Å². The highest BCUT2D eigenvalue weighted by atomic mass is 13.9. The average molecular weight is 193 g/mol. The summed E-state index contributed by atoms with van der Waals surface area (Å²) in [6.07, 6.45) is 18.0. The molecule has 0 saturated carbocycles. The van der Waals surface area contributed by atoms with E-state index in [1.807, 2.05) is 0 Å². The summed E-state index contributed by atoms with van der Waals surface area (Å²) in [5, 5.41) is 0. The van der Waals surface area contributed by atoms with Crippen molar-refractivity contribution in [3.63, 3.8) is 0 Å². The van der Waals surface area contributed by atoms with Crippen LogP contribution in [0.25, 0.3) is 0 Å². The molecule has 0 bridgehead atoms. The van der Waals surface area contributed by atoms with Gasteiger partial charge in [-0.05, 0) is 32.1 Å². The Morgan fingerprint density at radius 1 is 0.786 bits per heavy atom. The lowest BCUT2D eigenvalue weighted by Crippen LogP contribution is -1.76. The van der Waals surface area contributed by atoms with Gasteiger partial charge in [0.15, 0.2) is 0 Å². The fourth-order valence-electron chi connectivity index (χ4n) is 1.44. The van der Waals surface area contributed by atoms with Gasteiger partial charge < -0.3 is 0 Å². The molecule has 1 radical (unpaired) electrons. The lowest BCUT2D eigenvalue weighted by atomic mass is 10.1. The Kier molecular flexibility index (Phi) is 12.0. The van der Waals surface area contributed by atoms with Crippen molar-refractivity contribution in [3.8, 4) is 0 Å². The summed E-state index contributed by atoms with van der Waals surface area (Å²) in [6.45, 7) is 7.54. The highest BCUT2D eigenvalue weighted by Crippen LogP contribution is 2.06. The molecule has 0 spiro atoms. The Morgan fingerprint density at radius 3 is 1.93 bits per heavy atom. The molecule has 0 aromatic carbocycles. The summed E-state index contributed by atoms with van der Waals surface area (Å²) in [4.78, 5) is 0. The molecule has 0 heterocycles. The van der Waals surface area contributed by atoms with Gasteiger partial charge in [-0.1, -0.05) is 57.4 Å². The van der Waals surface area contributed by atoms with Gasteiger partial charge in [-0.2, -0.15) is 0 Å². The third-order valence-corrected chi connectivity index (χ3v) is 2.38. The topological polar surface area (TPSA) is 0 Å². The van der Waals surface area contributed by atoms with Crippen LogP contribution in [0.1, 0.15) is 64.7 Å². The first-order valence-electron chi connectivity index (χ1n) is 6.10. The van der Waals surface area contributed by atoms with Crippen LogP contribution in [0.3, 0.4) is 0 Å². The first-order valence-corrected chi connectivity index (χ1v) is 6.10. The van der Waals surface area contributed by atoms with Gasteiger partial charge in [-0.25, -0.2) is 0 Å². The molecular formula is C14H25. The zero-order valence-corrected chi connectivity index (χ0v) is 9.67. The van der Waals surface area contributed by atoms with Crippen molar-refractivity contribution >= 4 is 0 Å². The smallest absolute Gasteiger partial charge is 0.0348 e. The van der Waals surface area contributed by atoms with Gasteiger partial charge in [0.05, 0.1) is 0 Å². The maximum Gasteiger partial charge on any atom is -0.0348 e. The van der Waals surface area contributed by atoms with E-state index in [-0.39, 0.29) is 0 Å². The molecule has 0 amide bonds. The quantitative estimate of drug-likeness (QED) is 0.336. The molecule has 0 aromatic heterocycles. The van der Waals surface area contributed by atoms with Crippen molar-refractivity contribution in [1.29, 1.82) is 0 Å². The van der Waals surface area contributed by atoms with Gasteiger partial charge in [0, 0.05) is 0 Å². The van der Waals surface area contributed by atoms with E-state index in [0.29, 0.717) is 0 Å². The predicted octanol–water partition coefficient (Wildman–Crippen LogP) is 5.06. The summed E-state index contributed by atoms with van der Waals surface area (Å²) >= 11 is 0. The molecule has 0 atom stereocenters. The second kappa shape index (κ2) is 12.5. The molecule has 81 valence electrons. The van der Waals surface area contributed by atoms with E-state index in [9.17, 15) is 0 Å². The monoisotopic (exact) mass is 193 g/mol. The highest BCUT2D eigenvalue weighted by Gasteiger charge is 1.86. The predicted molar refractivity (Wildman–Crippen MR) is 65.2 cm³/mol. The van der Waals surface area contributed by atoms with E-state index >= 15 is 0 Å². The molecule has 14 heavy (non-hydrogen) atoms. The van der Waals surface area contributed by atoms with Crippen molar-refractivity contribution in [2.24, 2.45) is 0 Å². The van der Waals surface area contributed by atoms with Crippen molar-refractivity contribution in [3.05, 3.63) is 24.8 Å². The van der Waals surface area contributed by atoms with Crippen LogP contribution in [0.4, 0.5) is 0 Å². The normalized spacial score (nSPS) is 10.9. The molecule has 0 aliphatic rings. The number of hydrogen-bond acceptors (Lipinski definition) is 0. The van der Waals surface area contributed by atoms with E-state index in [0.717, 1.165) is 6.42 Å². The van der Waals surface area contributed by atoms with E-state index in [4.69, 9.17) is 6.58 Å². The molecular weight excluding hydrogens is 168 g/mol. The maximum absolute atomic E-state index is 5.30. The molecule has 0 aliphatic carbocycles. The Morgan fingerprint density at radius 2 is 1.36 bits per heavy atom. The zero-order chi connectivity index (χ0) is 10.5. The highest BCUT2D eigenvalue weighted by molar-refractivity contribution is 4.81. The second-order valence-electron chi connectivity index (χ2n) is 3.84. The van der Waals surface area contributed by atoms with Crippen LogP contribution in [-0.2, 0) is 0 Å². The molecule has 0 heteroatoms. The Bertz CT molecular complexity index is 133. The molecule has 0 aromatic rings. The third kappa shape index (κ3) is 11.5. The van der Waals surface area contributed by atoms with Crippen molar-refractivity contribution in [2.45, 2.75) is 64.7 Å².